The zero-order valence-electron chi connectivity index (χ0n) is 10.1. The lowest BCUT2D eigenvalue weighted by Gasteiger charge is -2.43. The number of nitrogens with two attached hydrogens (primary N) is 1. The van der Waals surface area contributed by atoms with Crippen LogP contribution < -0.4 is 10.6 Å². The molecule has 0 spiro atoms. The molecule has 88 valence electrons. The van der Waals surface area contributed by atoms with E-state index in [1.807, 2.05) is 6.07 Å². The molecule has 0 saturated carbocycles. The maximum Gasteiger partial charge on any atom is 0.0805 e. The molecule has 2 heterocycles. The molecule has 16 heavy (non-hydrogen) atoms. The molecule has 2 N–H and O–H groups in total. The van der Waals surface area contributed by atoms with Gasteiger partial charge in [-0.3, -0.25) is 4.98 Å². The fraction of sp³-hybridized carbons (Fsp3) is 0.583. The Morgan fingerprint density at radius 3 is 2.94 bits per heavy atom. The number of nitrogen functional groups attached to an aromatic ring is 1. The van der Waals surface area contributed by atoms with Crippen molar-refractivity contribution in [3.8, 4) is 0 Å². The van der Waals surface area contributed by atoms with Crippen molar-refractivity contribution in [1.29, 1.82) is 0 Å². The van der Waals surface area contributed by atoms with E-state index in [2.05, 4.69) is 30.7 Å². The lowest BCUT2D eigenvalue weighted by Crippen LogP contribution is -2.52. The minimum atomic E-state index is -0.132. The van der Waals surface area contributed by atoms with Gasteiger partial charge in [0.2, 0.25) is 0 Å². The van der Waals surface area contributed by atoms with Crippen molar-refractivity contribution < 1.29 is 4.74 Å². The zero-order chi connectivity index (χ0) is 11.8. The molecule has 1 saturated heterocycles. The number of pyridine rings is 1. The molecule has 0 aromatic carbocycles. The Labute approximate surface area is 96.4 Å². The molecule has 1 atom stereocenters. The summed E-state index contributed by atoms with van der Waals surface area (Å²) in [6.07, 6.45) is 3.69. The maximum absolute atomic E-state index is 5.94. The van der Waals surface area contributed by atoms with Gasteiger partial charge < -0.3 is 15.4 Å². The van der Waals surface area contributed by atoms with Crippen LogP contribution in [0.5, 0.6) is 0 Å². The first-order chi connectivity index (χ1) is 7.48. The van der Waals surface area contributed by atoms with E-state index in [0.717, 1.165) is 24.5 Å². The average molecular weight is 221 g/mol. The Morgan fingerprint density at radius 1 is 1.56 bits per heavy atom. The number of nitrogens with zero attached hydrogens (tertiary/aromatic N) is 2. The van der Waals surface area contributed by atoms with Crippen LogP contribution in [0.4, 0.5) is 11.4 Å². The number of ether oxygens (including phenoxy) is 1. The maximum atomic E-state index is 5.94. The third-order valence-electron chi connectivity index (χ3n) is 2.74. The van der Waals surface area contributed by atoms with Crippen molar-refractivity contribution in [3.05, 3.63) is 18.5 Å². The van der Waals surface area contributed by atoms with Crippen molar-refractivity contribution in [2.24, 2.45) is 0 Å². The lowest BCUT2D eigenvalue weighted by molar-refractivity contribution is -0.0749. The summed E-state index contributed by atoms with van der Waals surface area (Å²) in [5, 5.41) is 0. The number of anilines is 2. The highest BCUT2D eigenvalue weighted by atomic mass is 16.5. The monoisotopic (exact) mass is 221 g/mol. The van der Waals surface area contributed by atoms with E-state index in [-0.39, 0.29) is 11.7 Å². The van der Waals surface area contributed by atoms with Crippen molar-refractivity contribution in [2.45, 2.75) is 32.5 Å². The molecule has 0 radical (unpaired) electrons. The molecule has 1 aliphatic heterocycles. The van der Waals surface area contributed by atoms with Crippen LogP contribution in [-0.4, -0.2) is 29.8 Å². The Kier molecular flexibility index (Phi) is 2.76. The molecular formula is C12H19N3O. The Bertz CT molecular complexity index is 378. The summed E-state index contributed by atoms with van der Waals surface area (Å²) in [5.74, 6) is 0. The molecule has 4 nitrogen and oxygen atoms in total. The predicted molar refractivity (Wildman–Crippen MR) is 65.5 cm³/mol. The lowest BCUT2D eigenvalue weighted by atomic mass is 10.0. The van der Waals surface area contributed by atoms with E-state index in [0.29, 0.717) is 0 Å². The van der Waals surface area contributed by atoms with Gasteiger partial charge in [0.05, 0.1) is 29.3 Å². The highest BCUT2D eigenvalue weighted by Gasteiger charge is 2.31. The number of hydrogen-bond donors (Lipinski definition) is 1. The first-order valence-electron chi connectivity index (χ1n) is 5.60. The van der Waals surface area contributed by atoms with Crippen molar-refractivity contribution >= 4 is 11.4 Å². The van der Waals surface area contributed by atoms with E-state index >= 15 is 0 Å². The first-order valence-corrected chi connectivity index (χ1v) is 5.60. The summed E-state index contributed by atoms with van der Waals surface area (Å²) in [4.78, 5) is 6.28. The molecular weight excluding hydrogens is 202 g/mol. The number of rotatable bonds is 1. The van der Waals surface area contributed by atoms with E-state index in [1.165, 1.54) is 0 Å². The van der Waals surface area contributed by atoms with Gasteiger partial charge in [-0.15, -0.1) is 0 Å². The van der Waals surface area contributed by atoms with E-state index in [1.54, 1.807) is 12.4 Å². The van der Waals surface area contributed by atoms with Crippen LogP contribution in [0.15, 0.2) is 18.5 Å². The van der Waals surface area contributed by atoms with Gasteiger partial charge >= 0.3 is 0 Å². The minimum Gasteiger partial charge on any atom is -0.396 e. The summed E-state index contributed by atoms with van der Waals surface area (Å²) in [6.45, 7) is 8.02. The third kappa shape index (κ3) is 2.27. The van der Waals surface area contributed by atoms with Gasteiger partial charge in [-0.05, 0) is 26.8 Å². The second-order valence-electron chi connectivity index (χ2n) is 5.00. The molecule has 1 aromatic heterocycles. The van der Waals surface area contributed by atoms with E-state index in [4.69, 9.17) is 10.5 Å². The predicted octanol–water partition coefficient (Wildman–Crippen LogP) is 1.67. The zero-order valence-corrected chi connectivity index (χ0v) is 10.1. The normalized spacial score (nSPS) is 24.4. The van der Waals surface area contributed by atoms with E-state index < -0.39 is 0 Å². The summed E-state index contributed by atoms with van der Waals surface area (Å²) in [7, 11) is 0. The largest absolute Gasteiger partial charge is 0.396 e. The van der Waals surface area contributed by atoms with E-state index in [9.17, 15) is 0 Å². The van der Waals surface area contributed by atoms with Crippen LogP contribution in [0.3, 0.4) is 0 Å². The van der Waals surface area contributed by atoms with Gasteiger partial charge in [0.25, 0.3) is 0 Å². The van der Waals surface area contributed by atoms with Gasteiger partial charge in [-0.2, -0.15) is 0 Å². The van der Waals surface area contributed by atoms with Crippen LogP contribution in [0.1, 0.15) is 20.8 Å². The summed E-state index contributed by atoms with van der Waals surface area (Å²) >= 11 is 0. The molecule has 1 fully saturated rings. The third-order valence-corrected chi connectivity index (χ3v) is 2.74. The standard InChI is InChI=1S/C12H19N3O/c1-9-7-15(8-12(2,3)16-9)11-4-5-14-6-10(11)13/h4-6,9H,7-8,13H2,1-3H3. The van der Waals surface area contributed by atoms with Gasteiger partial charge in [-0.1, -0.05) is 0 Å². The fourth-order valence-electron chi connectivity index (χ4n) is 2.32. The first kappa shape index (κ1) is 11.2. The quantitative estimate of drug-likeness (QED) is 0.783. The number of hydrogen-bond acceptors (Lipinski definition) is 4. The molecule has 0 amide bonds. The smallest absolute Gasteiger partial charge is 0.0805 e. The molecule has 1 aliphatic rings. The van der Waals surface area contributed by atoms with Crippen LogP contribution in [0.2, 0.25) is 0 Å². The second kappa shape index (κ2) is 3.94. The highest BCUT2D eigenvalue weighted by Crippen LogP contribution is 2.28. The molecule has 0 aliphatic carbocycles. The summed E-state index contributed by atoms with van der Waals surface area (Å²) in [5.41, 5.74) is 7.59. The number of morpholine rings is 1. The average Bonchev–Trinajstić information content (AvgIpc) is 2.15. The van der Waals surface area contributed by atoms with Gasteiger partial charge in [0, 0.05) is 19.3 Å². The van der Waals surface area contributed by atoms with Gasteiger partial charge in [0.15, 0.2) is 0 Å². The number of aromatic nitrogens is 1. The van der Waals surface area contributed by atoms with Crippen LogP contribution in [-0.2, 0) is 4.74 Å². The topological polar surface area (TPSA) is 51.4 Å². The summed E-state index contributed by atoms with van der Waals surface area (Å²) < 4.78 is 5.87. The van der Waals surface area contributed by atoms with Crippen molar-refractivity contribution in [1.82, 2.24) is 4.98 Å². The SMILES string of the molecule is CC1CN(c2ccncc2N)CC(C)(C)O1. The second-order valence-corrected chi connectivity index (χ2v) is 5.00. The molecule has 0 bridgehead atoms. The molecule has 2 rings (SSSR count). The van der Waals surface area contributed by atoms with Crippen molar-refractivity contribution in [2.75, 3.05) is 23.7 Å². The Morgan fingerprint density at radius 2 is 2.31 bits per heavy atom. The highest BCUT2D eigenvalue weighted by molar-refractivity contribution is 5.66. The van der Waals surface area contributed by atoms with Crippen molar-refractivity contribution in [3.63, 3.8) is 0 Å². The molecule has 4 heteroatoms. The van der Waals surface area contributed by atoms with Crippen LogP contribution in [0, 0.1) is 0 Å². The molecule has 1 unspecified atom stereocenters. The van der Waals surface area contributed by atoms with Gasteiger partial charge in [0.1, 0.15) is 0 Å². The minimum absolute atomic E-state index is 0.132. The molecule has 1 aromatic rings. The summed E-state index contributed by atoms with van der Waals surface area (Å²) in [6, 6.07) is 1.96. The Hall–Kier alpha value is -1.29. The van der Waals surface area contributed by atoms with Crippen LogP contribution in [0.25, 0.3) is 0 Å². The fourth-order valence-corrected chi connectivity index (χ4v) is 2.32. The van der Waals surface area contributed by atoms with Crippen LogP contribution >= 0.6 is 0 Å². The van der Waals surface area contributed by atoms with Gasteiger partial charge in [-0.25, -0.2) is 0 Å². The Balaban J connectivity index is 2.25.